The van der Waals surface area contributed by atoms with Gasteiger partial charge in [0.05, 0.1) is 0 Å². The van der Waals surface area contributed by atoms with Gasteiger partial charge in [-0.1, -0.05) is 51.7 Å². The maximum atomic E-state index is 5.84. The maximum absolute atomic E-state index is 5.84. The summed E-state index contributed by atoms with van der Waals surface area (Å²) in [5.41, 5.74) is 8.05. The first-order valence-electron chi connectivity index (χ1n) is 7.83. The van der Waals surface area contributed by atoms with Crippen molar-refractivity contribution in [3.63, 3.8) is 0 Å². The molecule has 0 spiro atoms. The van der Waals surface area contributed by atoms with E-state index >= 15 is 0 Å². The number of anilines is 1. The van der Waals surface area contributed by atoms with Gasteiger partial charge in [0.2, 0.25) is 0 Å². The molecular formula is C17H30N2. The van der Waals surface area contributed by atoms with Crippen LogP contribution >= 0.6 is 0 Å². The van der Waals surface area contributed by atoms with Crippen LogP contribution in [0.15, 0.2) is 24.3 Å². The Balaban J connectivity index is 2.35. The molecule has 0 atom stereocenters. The van der Waals surface area contributed by atoms with Crippen molar-refractivity contribution in [3.05, 3.63) is 29.8 Å². The second-order valence-electron chi connectivity index (χ2n) is 5.44. The van der Waals surface area contributed by atoms with Crippen molar-refractivity contribution in [1.82, 2.24) is 4.90 Å². The fourth-order valence-electron chi connectivity index (χ4n) is 2.47. The van der Waals surface area contributed by atoms with E-state index in [1.54, 1.807) is 0 Å². The monoisotopic (exact) mass is 262 g/mol. The zero-order valence-corrected chi connectivity index (χ0v) is 12.7. The van der Waals surface area contributed by atoms with Crippen molar-refractivity contribution < 1.29 is 0 Å². The molecule has 0 aliphatic heterocycles. The van der Waals surface area contributed by atoms with Crippen LogP contribution in [0.1, 0.15) is 57.9 Å². The molecular weight excluding hydrogens is 232 g/mol. The number of rotatable bonds is 10. The summed E-state index contributed by atoms with van der Waals surface area (Å²) in [4.78, 5) is 2.56. The van der Waals surface area contributed by atoms with E-state index in [0.717, 1.165) is 12.2 Å². The minimum atomic E-state index is 0.872. The third-order valence-corrected chi connectivity index (χ3v) is 3.47. The molecule has 2 heteroatoms. The third-order valence-electron chi connectivity index (χ3n) is 3.47. The lowest BCUT2D eigenvalue weighted by atomic mass is 10.1. The smallest absolute Gasteiger partial charge is 0.0317 e. The quantitative estimate of drug-likeness (QED) is 0.498. The van der Waals surface area contributed by atoms with Crippen LogP contribution in [0.4, 0.5) is 5.69 Å². The highest BCUT2D eigenvalue weighted by Gasteiger charge is 2.05. The molecule has 0 saturated heterocycles. The highest BCUT2D eigenvalue weighted by atomic mass is 15.1. The molecule has 0 fully saturated rings. The van der Waals surface area contributed by atoms with Crippen molar-refractivity contribution in [2.75, 3.05) is 18.8 Å². The van der Waals surface area contributed by atoms with Crippen LogP contribution < -0.4 is 5.73 Å². The van der Waals surface area contributed by atoms with E-state index in [-0.39, 0.29) is 0 Å². The Morgan fingerprint density at radius 2 is 1.74 bits per heavy atom. The van der Waals surface area contributed by atoms with E-state index < -0.39 is 0 Å². The van der Waals surface area contributed by atoms with Gasteiger partial charge in [0.1, 0.15) is 0 Å². The fraction of sp³-hybridized carbons (Fsp3) is 0.647. The van der Waals surface area contributed by atoms with Crippen LogP contribution in [0.2, 0.25) is 0 Å². The predicted molar refractivity (Wildman–Crippen MR) is 85.2 cm³/mol. The van der Waals surface area contributed by atoms with Gasteiger partial charge in [-0.05, 0) is 43.6 Å². The first-order chi connectivity index (χ1) is 9.26. The summed E-state index contributed by atoms with van der Waals surface area (Å²) in [7, 11) is 0. The first kappa shape index (κ1) is 16.0. The summed E-state index contributed by atoms with van der Waals surface area (Å²) in [6.07, 6.45) is 7.99. The summed E-state index contributed by atoms with van der Waals surface area (Å²) in [6, 6.07) is 8.28. The molecule has 0 bridgehead atoms. The summed E-state index contributed by atoms with van der Waals surface area (Å²) < 4.78 is 0. The molecule has 1 aromatic carbocycles. The fourth-order valence-corrected chi connectivity index (χ4v) is 2.47. The average molecular weight is 262 g/mol. The topological polar surface area (TPSA) is 29.3 Å². The van der Waals surface area contributed by atoms with Crippen molar-refractivity contribution in [2.45, 2.75) is 58.9 Å². The highest BCUT2D eigenvalue weighted by Crippen LogP contribution is 2.11. The van der Waals surface area contributed by atoms with Gasteiger partial charge in [-0.15, -0.1) is 0 Å². The van der Waals surface area contributed by atoms with Gasteiger partial charge in [0.15, 0.2) is 0 Å². The lowest BCUT2D eigenvalue weighted by Gasteiger charge is -2.22. The Kier molecular flexibility index (Phi) is 8.31. The zero-order valence-electron chi connectivity index (χ0n) is 12.7. The highest BCUT2D eigenvalue weighted by molar-refractivity contribution is 5.40. The molecule has 1 aromatic rings. The molecule has 2 nitrogen and oxygen atoms in total. The van der Waals surface area contributed by atoms with Crippen molar-refractivity contribution in [3.8, 4) is 0 Å². The third kappa shape index (κ3) is 7.22. The SMILES string of the molecule is CCCCCCCN(CCC)Cc1cccc(N)c1. The number of benzene rings is 1. The molecule has 0 amide bonds. The number of nitrogen functional groups attached to an aromatic ring is 1. The van der Waals surface area contributed by atoms with Crippen LogP contribution in [0.5, 0.6) is 0 Å². The molecule has 0 radical (unpaired) electrons. The Morgan fingerprint density at radius 1 is 0.947 bits per heavy atom. The van der Waals surface area contributed by atoms with Crippen molar-refractivity contribution >= 4 is 5.69 Å². The first-order valence-corrected chi connectivity index (χ1v) is 7.83. The van der Waals surface area contributed by atoms with Crippen LogP contribution in [0, 0.1) is 0 Å². The largest absolute Gasteiger partial charge is 0.399 e. The molecule has 0 aliphatic carbocycles. The molecule has 0 saturated carbocycles. The molecule has 0 heterocycles. The van der Waals surface area contributed by atoms with Gasteiger partial charge in [0.25, 0.3) is 0 Å². The van der Waals surface area contributed by atoms with E-state index in [4.69, 9.17) is 5.73 Å². The normalized spacial score (nSPS) is 11.1. The van der Waals surface area contributed by atoms with E-state index in [0.29, 0.717) is 0 Å². The van der Waals surface area contributed by atoms with E-state index in [1.807, 2.05) is 6.07 Å². The van der Waals surface area contributed by atoms with Gasteiger partial charge in [-0.3, -0.25) is 4.90 Å². The van der Waals surface area contributed by atoms with E-state index in [9.17, 15) is 0 Å². The minimum absolute atomic E-state index is 0.872. The number of hydrogen-bond donors (Lipinski definition) is 1. The molecule has 0 unspecified atom stereocenters. The number of hydrogen-bond acceptors (Lipinski definition) is 2. The van der Waals surface area contributed by atoms with Crippen molar-refractivity contribution in [2.24, 2.45) is 0 Å². The van der Waals surface area contributed by atoms with Gasteiger partial charge in [-0.2, -0.15) is 0 Å². The average Bonchev–Trinajstić information content (AvgIpc) is 2.38. The lowest BCUT2D eigenvalue weighted by Crippen LogP contribution is -2.25. The Bertz CT molecular complexity index is 336. The predicted octanol–water partition coefficient (Wildman–Crippen LogP) is 4.45. The molecule has 19 heavy (non-hydrogen) atoms. The molecule has 0 aromatic heterocycles. The summed E-state index contributed by atoms with van der Waals surface area (Å²) in [5, 5.41) is 0. The molecule has 0 aliphatic rings. The maximum Gasteiger partial charge on any atom is 0.0317 e. The van der Waals surface area contributed by atoms with Gasteiger partial charge >= 0.3 is 0 Å². The van der Waals surface area contributed by atoms with Gasteiger partial charge < -0.3 is 5.73 Å². The van der Waals surface area contributed by atoms with Gasteiger partial charge in [0, 0.05) is 12.2 Å². The lowest BCUT2D eigenvalue weighted by molar-refractivity contribution is 0.259. The Labute approximate surface area is 119 Å². The standard InChI is InChI=1S/C17H30N2/c1-3-5-6-7-8-13-19(12-4-2)15-16-10-9-11-17(18)14-16/h9-11,14H,3-8,12-13,15,18H2,1-2H3. The number of unbranched alkanes of at least 4 members (excludes halogenated alkanes) is 4. The zero-order chi connectivity index (χ0) is 13.9. The van der Waals surface area contributed by atoms with Crippen LogP contribution in [-0.2, 0) is 6.54 Å². The minimum Gasteiger partial charge on any atom is -0.399 e. The van der Waals surface area contributed by atoms with E-state index in [1.165, 1.54) is 57.2 Å². The van der Waals surface area contributed by atoms with Crippen LogP contribution in [0.3, 0.4) is 0 Å². The molecule has 2 N–H and O–H groups in total. The number of nitrogens with two attached hydrogens (primary N) is 1. The van der Waals surface area contributed by atoms with Crippen LogP contribution in [-0.4, -0.2) is 18.0 Å². The summed E-state index contributed by atoms with van der Waals surface area (Å²) in [5.74, 6) is 0. The van der Waals surface area contributed by atoms with Gasteiger partial charge in [-0.25, -0.2) is 0 Å². The van der Waals surface area contributed by atoms with E-state index in [2.05, 4.69) is 36.9 Å². The summed E-state index contributed by atoms with van der Waals surface area (Å²) >= 11 is 0. The number of nitrogens with zero attached hydrogens (tertiary/aromatic N) is 1. The second kappa shape index (κ2) is 9.85. The second-order valence-corrected chi connectivity index (χ2v) is 5.44. The molecule has 108 valence electrons. The molecule has 1 rings (SSSR count). The Morgan fingerprint density at radius 3 is 2.42 bits per heavy atom. The van der Waals surface area contributed by atoms with Crippen LogP contribution in [0.25, 0.3) is 0 Å². The summed E-state index contributed by atoms with van der Waals surface area (Å²) in [6.45, 7) is 7.95. The Hall–Kier alpha value is -1.02. The van der Waals surface area contributed by atoms with Crippen molar-refractivity contribution in [1.29, 1.82) is 0 Å².